The number of anilines is 1. The van der Waals surface area contributed by atoms with E-state index in [9.17, 15) is 9.90 Å². The molecule has 25 heavy (non-hydrogen) atoms. The lowest BCUT2D eigenvalue weighted by molar-refractivity contribution is 0.102. The van der Waals surface area contributed by atoms with Crippen molar-refractivity contribution in [3.63, 3.8) is 0 Å². The number of hydrogen-bond acceptors (Lipinski definition) is 4. The lowest BCUT2D eigenvalue weighted by Gasteiger charge is -2.10. The van der Waals surface area contributed by atoms with Crippen LogP contribution < -0.4 is 5.32 Å². The SMILES string of the molecule is C.O=C(Nc1cccc2ncccc12)c1ccc2cccnc2c1O. The molecule has 1 amide bonds. The summed E-state index contributed by atoms with van der Waals surface area (Å²) in [6.07, 6.45) is 3.29. The van der Waals surface area contributed by atoms with Crippen molar-refractivity contribution in [3.8, 4) is 5.75 Å². The molecule has 0 spiro atoms. The molecule has 2 aromatic heterocycles. The summed E-state index contributed by atoms with van der Waals surface area (Å²) in [7, 11) is 0. The number of phenolic OH excluding ortho intramolecular Hbond substituents is 1. The van der Waals surface area contributed by atoms with Gasteiger partial charge in [-0.05, 0) is 36.4 Å². The van der Waals surface area contributed by atoms with Crippen LogP contribution in [-0.2, 0) is 0 Å². The zero-order valence-corrected chi connectivity index (χ0v) is 12.6. The van der Waals surface area contributed by atoms with Crippen molar-refractivity contribution in [1.82, 2.24) is 9.97 Å². The molecule has 0 unspecified atom stereocenters. The van der Waals surface area contributed by atoms with Gasteiger partial charge in [0.05, 0.1) is 16.8 Å². The Morgan fingerprint density at radius 3 is 2.60 bits per heavy atom. The van der Waals surface area contributed by atoms with E-state index in [2.05, 4.69) is 15.3 Å². The van der Waals surface area contributed by atoms with E-state index in [0.29, 0.717) is 11.2 Å². The van der Waals surface area contributed by atoms with Gasteiger partial charge < -0.3 is 10.4 Å². The first-order valence-corrected chi connectivity index (χ1v) is 7.46. The molecule has 0 bridgehead atoms. The summed E-state index contributed by atoms with van der Waals surface area (Å²) < 4.78 is 0. The molecule has 5 nitrogen and oxygen atoms in total. The number of fused-ring (bicyclic) bond motifs is 2. The number of benzene rings is 2. The van der Waals surface area contributed by atoms with Crippen LogP contribution in [0.15, 0.2) is 67.0 Å². The minimum atomic E-state index is -0.392. The Bertz CT molecular complexity index is 1070. The number of nitrogens with zero attached hydrogens (tertiary/aromatic N) is 2. The third-order valence-electron chi connectivity index (χ3n) is 3.89. The number of rotatable bonds is 2. The summed E-state index contributed by atoms with van der Waals surface area (Å²) in [5.41, 5.74) is 2.03. The molecule has 0 saturated heterocycles. The molecule has 0 aliphatic heterocycles. The van der Waals surface area contributed by atoms with Gasteiger partial charge in [-0.1, -0.05) is 25.6 Å². The largest absolute Gasteiger partial charge is 0.505 e. The first kappa shape index (κ1) is 16.4. The molecule has 5 heteroatoms. The Hall–Kier alpha value is -3.47. The molecule has 2 heterocycles. The van der Waals surface area contributed by atoms with Gasteiger partial charge in [-0.15, -0.1) is 0 Å². The van der Waals surface area contributed by atoms with Crippen molar-refractivity contribution >= 4 is 33.4 Å². The maximum Gasteiger partial charge on any atom is 0.259 e. The van der Waals surface area contributed by atoms with Crippen LogP contribution in [0.5, 0.6) is 5.75 Å². The van der Waals surface area contributed by atoms with E-state index in [0.717, 1.165) is 16.3 Å². The zero-order valence-electron chi connectivity index (χ0n) is 12.6. The highest BCUT2D eigenvalue weighted by atomic mass is 16.3. The van der Waals surface area contributed by atoms with Gasteiger partial charge in [-0.25, -0.2) is 0 Å². The van der Waals surface area contributed by atoms with Gasteiger partial charge in [-0.2, -0.15) is 0 Å². The first-order valence-electron chi connectivity index (χ1n) is 7.46. The highest BCUT2D eigenvalue weighted by Crippen LogP contribution is 2.28. The van der Waals surface area contributed by atoms with Gasteiger partial charge in [0.2, 0.25) is 0 Å². The van der Waals surface area contributed by atoms with Crippen LogP contribution in [0.2, 0.25) is 0 Å². The molecule has 0 aliphatic carbocycles. The minimum Gasteiger partial charge on any atom is -0.505 e. The van der Waals surface area contributed by atoms with E-state index in [1.807, 2.05) is 30.3 Å². The van der Waals surface area contributed by atoms with Gasteiger partial charge in [-0.3, -0.25) is 14.8 Å². The van der Waals surface area contributed by atoms with Gasteiger partial charge >= 0.3 is 0 Å². The van der Waals surface area contributed by atoms with Gasteiger partial charge in [0, 0.05) is 23.2 Å². The van der Waals surface area contributed by atoms with Crippen molar-refractivity contribution in [3.05, 3.63) is 72.6 Å². The van der Waals surface area contributed by atoms with Crippen LogP contribution in [0.25, 0.3) is 21.8 Å². The smallest absolute Gasteiger partial charge is 0.259 e. The third-order valence-corrected chi connectivity index (χ3v) is 3.89. The Labute approximate surface area is 145 Å². The molecule has 2 aromatic carbocycles. The standard InChI is InChI=1S/C19H13N3O2.CH4/c23-18-14(9-8-12-4-2-11-21-17(12)18)19(24)22-16-7-1-6-15-13(16)5-3-10-20-15;/h1-11,23H,(H,22,24);1H4. The van der Waals surface area contributed by atoms with Crippen LogP contribution in [0, 0.1) is 0 Å². The number of hydrogen-bond donors (Lipinski definition) is 2. The van der Waals surface area contributed by atoms with Gasteiger partial charge in [0.1, 0.15) is 5.52 Å². The number of carbonyl (C=O) groups excluding carboxylic acids is 1. The molecule has 4 rings (SSSR count). The second kappa shape index (κ2) is 6.57. The van der Waals surface area contributed by atoms with Crippen molar-refractivity contribution < 1.29 is 9.90 Å². The molecular formula is C20H17N3O2. The molecule has 2 N–H and O–H groups in total. The Balaban J connectivity index is 0.00000182. The maximum atomic E-state index is 12.6. The average Bonchev–Trinajstić information content (AvgIpc) is 2.62. The Kier molecular flexibility index (Phi) is 4.31. The van der Waals surface area contributed by atoms with Crippen molar-refractivity contribution in [2.75, 3.05) is 5.32 Å². The zero-order chi connectivity index (χ0) is 16.5. The van der Waals surface area contributed by atoms with Gasteiger partial charge in [0.15, 0.2) is 5.75 Å². The number of pyridine rings is 2. The van der Waals surface area contributed by atoms with Crippen molar-refractivity contribution in [2.45, 2.75) is 7.43 Å². The second-order valence-corrected chi connectivity index (χ2v) is 5.37. The van der Waals surface area contributed by atoms with E-state index < -0.39 is 5.91 Å². The van der Waals surface area contributed by atoms with Crippen LogP contribution in [0.4, 0.5) is 5.69 Å². The molecule has 0 radical (unpaired) electrons. The quantitative estimate of drug-likeness (QED) is 0.572. The molecule has 4 aromatic rings. The fraction of sp³-hybridized carbons (Fsp3) is 0.0500. The number of amides is 1. The average molecular weight is 331 g/mol. The summed E-state index contributed by atoms with van der Waals surface area (Å²) in [4.78, 5) is 21.0. The number of nitrogens with one attached hydrogen (secondary N) is 1. The summed E-state index contributed by atoms with van der Waals surface area (Å²) in [6.45, 7) is 0. The molecular weight excluding hydrogens is 314 g/mol. The van der Waals surface area contributed by atoms with E-state index in [1.54, 1.807) is 36.7 Å². The maximum absolute atomic E-state index is 12.6. The topological polar surface area (TPSA) is 75.1 Å². The fourth-order valence-electron chi connectivity index (χ4n) is 2.71. The first-order chi connectivity index (χ1) is 11.7. The van der Waals surface area contributed by atoms with E-state index in [4.69, 9.17) is 0 Å². The number of aromatic nitrogens is 2. The summed E-state index contributed by atoms with van der Waals surface area (Å²) in [5, 5.41) is 14.8. The Morgan fingerprint density at radius 1 is 0.920 bits per heavy atom. The molecule has 124 valence electrons. The molecule has 0 fully saturated rings. The summed E-state index contributed by atoms with van der Waals surface area (Å²) in [5.74, 6) is -0.514. The van der Waals surface area contributed by atoms with Crippen LogP contribution in [0.1, 0.15) is 17.8 Å². The van der Waals surface area contributed by atoms with E-state index in [-0.39, 0.29) is 18.7 Å². The Morgan fingerprint density at radius 2 is 1.72 bits per heavy atom. The summed E-state index contributed by atoms with van der Waals surface area (Å²) in [6, 6.07) is 16.2. The molecule has 0 saturated carbocycles. The predicted molar refractivity (Wildman–Crippen MR) is 99.8 cm³/mol. The van der Waals surface area contributed by atoms with Crippen molar-refractivity contribution in [1.29, 1.82) is 0 Å². The molecule has 0 atom stereocenters. The third kappa shape index (κ3) is 2.87. The number of phenols is 1. The van der Waals surface area contributed by atoms with Crippen LogP contribution in [-0.4, -0.2) is 21.0 Å². The monoisotopic (exact) mass is 331 g/mol. The van der Waals surface area contributed by atoms with E-state index in [1.165, 1.54) is 0 Å². The number of aromatic hydroxyl groups is 1. The minimum absolute atomic E-state index is 0. The summed E-state index contributed by atoms with van der Waals surface area (Å²) >= 11 is 0. The van der Waals surface area contributed by atoms with Gasteiger partial charge in [0.25, 0.3) is 5.91 Å². The van der Waals surface area contributed by atoms with E-state index >= 15 is 0 Å². The normalized spacial score (nSPS) is 10.4. The molecule has 0 aliphatic rings. The number of carbonyl (C=O) groups is 1. The highest BCUT2D eigenvalue weighted by Gasteiger charge is 2.15. The lowest BCUT2D eigenvalue weighted by atomic mass is 10.1. The fourth-order valence-corrected chi connectivity index (χ4v) is 2.71. The second-order valence-electron chi connectivity index (χ2n) is 5.37. The highest BCUT2D eigenvalue weighted by molar-refractivity contribution is 6.12. The lowest BCUT2D eigenvalue weighted by Crippen LogP contribution is -2.12. The van der Waals surface area contributed by atoms with Crippen LogP contribution in [0.3, 0.4) is 0 Å². The van der Waals surface area contributed by atoms with Crippen molar-refractivity contribution in [2.24, 2.45) is 0 Å². The van der Waals surface area contributed by atoms with Crippen LogP contribution >= 0.6 is 0 Å². The predicted octanol–water partition coefficient (Wildman–Crippen LogP) is 4.38.